The van der Waals surface area contributed by atoms with Crippen molar-refractivity contribution in [2.24, 2.45) is 0 Å². The lowest BCUT2D eigenvalue weighted by molar-refractivity contribution is 0.0696. The number of hydrogen-bond acceptors (Lipinski definition) is 1. The molecule has 0 amide bonds. The van der Waals surface area contributed by atoms with E-state index in [2.05, 4.69) is 19.1 Å². The second-order valence-corrected chi connectivity index (χ2v) is 4.34. The Morgan fingerprint density at radius 3 is 2.56 bits per heavy atom. The largest absolute Gasteiger partial charge is 0.478 e. The molecule has 2 nitrogen and oxygen atoms in total. The lowest BCUT2D eigenvalue weighted by Crippen LogP contribution is -2.00. The first-order valence-corrected chi connectivity index (χ1v) is 6.05. The van der Waals surface area contributed by atoms with Crippen molar-refractivity contribution in [3.8, 4) is 11.1 Å². The van der Waals surface area contributed by atoms with Crippen LogP contribution in [0.25, 0.3) is 11.1 Å². The minimum atomic E-state index is -0.874. The quantitative estimate of drug-likeness (QED) is 0.882. The summed E-state index contributed by atoms with van der Waals surface area (Å²) in [6.07, 6.45) is 0.978. The van der Waals surface area contributed by atoms with Gasteiger partial charge in [0.25, 0.3) is 0 Å². The zero-order valence-corrected chi connectivity index (χ0v) is 10.6. The molecule has 2 aromatic rings. The summed E-state index contributed by atoms with van der Waals surface area (Å²) in [6.45, 7) is 3.97. The van der Waals surface area contributed by atoms with Gasteiger partial charge < -0.3 is 5.11 Å². The molecular formula is C16H16O2. The lowest BCUT2D eigenvalue weighted by atomic mass is 9.95. The molecule has 0 atom stereocenters. The predicted octanol–water partition coefficient (Wildman–Crippen LogP) is 3.92. The normalized spacial score (nSPS) is 10.3. The van der Waals surface area contributed by atoms with Gasteiger partial charge in [-0.05, 0) is 41.7 Å². The van der Waals surface area contributed by atoms with Gasteiger partial charge in [-0.25, -0.2) is 4.79 Å². The summed E-state index contributed by atoms with van der Waals surface area (Å²) in [5.41, 5.74) is 4.51. The molecule has 0 aliphatic heterocycles. The van der Waals surface area contributed by atoms with Crippen molar-refractivity contribution in [1.29, 1.82) is 0 Å². The van der Waals surface area contributed by atoms with Gasteiger partial charge in [-0.3, -0.25) is 0 Å². The van der Waals surface area contributed by atoms with E-state index in [9.17, 15) is 4.79 Å². The van der Waals surface area contributed by atoms with E-state index in [0.717, 1.165) is 23.1 Å². The van der Waals surface area contributed by atoms with Gasteiger partial charge in [0.1, 0.15) is 0 Å². The highest BCUT2D eigenvalue weighted by Gasteiger charge is 2.11. The maximum atomic E-state index is 11.1. The fraction of sp³-hybridized carbons (Fsp3) is 0.188. The van der Waals surface area contributed by atoms with Crippen LogP contribution in [0.5, 0.6) is 0 Å². The van der Waals surface area contributed by atoms with Gasteiger partial charge in [-0.2, -0.15) is 0 Å². The van der Waals surface area contributed by atoms with E-state index in [0.29, 0.717) is 5.56 Å². The molecule has 0 fully saturated rings. The lowest BCUT2D eigenvalue weighted by Gasteiger charge is -2.10. The minimum Gasteiger partial charge on any atom is -0.478 e. The summed E-state index contributed by atoms with van der Waals surface area (Å²) >= 11 is 0. The van der Waals surface area contributed by atoms with Crippen molar-refractivity contribution >= 4 is 5.97 Å². The fourth-order valence-electron chi connectivity index (χ4n) is 2.14. The minimum absolute atomic E-state index is 0.370. The third-order valence-electron chi connectivity index (χ3n) is 3.21. The van der Waals surface area contributed by atoms with E-state index in [1.807, 2.05) is 25.1 Å². The average Bonchev–Trinajstić information content (AvgIpc) is 2.38. The Morgan fingerprint density at radius 1 is 1.17 bits per heavy atom. The molecule has 2 aromatic carbocycles. The zero-order valence-electron chi connectivity index (χ0n) is 10.6. The molecule has 0 aliphatic carbocycles. The number of carbonyl (C=O) groups is 1. The molecule has 0 saturated heterocycles. The molecule has 0 radical (unpaired) electrons. The van der Waals surface area contributed by atoms with E-state index in [-0.39, 0.29) is 0 Å². The molecule has 2 heteroatoms. The number of aromatic carboxylic acids is 1. The highest BCUT2D eigenvalue weighted by Crippen LogP contribution is 2.26. The second-order valence-electron chi connectivity index (χ2n) is 4.34. The molecule has 92 valence electrons. The van der Waals surface area contributed by atoms with Gasteiger partial charge in [-0.1, -0.05) is 43.3 Å². The van der Waals surface area contributed by atoms with Crippen molar-refractivity contribution in [3.05, 3.63) is 59.2 Å². The van der Waals surface area contributed by atoms with E-state index < -0.39 is 5.97 Å². The zero-order chi connectivity index (χ0) is 13.1. The topological polar surface area (TPSA) is 37.3 Å². The Bertz CT molecular complexity index is 585. The monoisotopic (exact) mass is 240 g/mol. The summed E-state index contributed by atoms with van der Waals surface area (Å²) in [4.78, 5) is 11.1. The predicted molar refractivity (Wildman–Crippen MR) is 73.0 cm³/mol. The van der Waals surface area contributed by atoms with Crippen LogP contribution in [0, 0.1) is 6.92 Å². The van der Waals surface area contributed by atoms with Gasteiger partial charge in [0, 0.05) is 0 Å². The van der Waals surface area contributed by atoms with Crippen molar-refractivity contribution < 1.29 is 9.90 Å². The standard InChI is InChI=1S/C16H16O2/c1-3-12-6-4-7-13(10-12)14-8-5-9-15(11(14)2)16(17)18/h4-10H,3H2,1-2H3,(H,17,18). The van der Waals surface area contributed by atoms with Crippen LogP contribution in [0.4, 0.5) is 0 Å². The Hall–Kier alpha value is -2.09. The molecule has 0 spiro atoms. The summed E-state index contributed by atoms with van der Waals surface area (Å²) in [7, 11) is 0. The Balaban J connectivity index is 2.57. The van der Waals surface area contributed by atoms with Crippen LogP contribution in [-0.4, -0.2) is 11.1 Å². The number of hydrogen-bond donors (Lipinski definition) is 1. The summed E-state index contributed by atoms with van der Waals surface area (Å²) in [5.74, 6) is -0.874. The Morgan fingerprint density at radius 2 is 1.89 bits per heavy atom. The van der Waals surface area contributed by atoms with Crippen molar-refractivity contribution in [2.45, 2.75) is 20.3 Å². The molecule has 0 saturated carbocycles. The SMILES string of the molecule is CCc1cccc(-c2cccc(C(=O)O)c2C)c1. The molecule has 0 bridgehead atoms. The smallest absolute Gasteiger partial charge is 0.335 e. The maximum Gasteiger partial charge on any atom is 0.335 e. The van der Waals surface area contributed by atoms with Crippen molar-refractivity contribution in [2.75, 3.05) is 0 Å². The van der Waals surface area contributed by atoms with E-state index >= 15 is 0 Å². The summed E-state index contributed by atoms with van der Waals surface area (Å²) in [5, 5.41) is 9.14. The first-order valence-electron chi connectivity index (χ1n) is 6.05. The number of carboxylic acid groups (broad SMARTS) is 1. The van der Waals surface area contributed by atoms with Crippen LogP contribution in [0.15, 0.2) is 42.5 Å². The third kappa shape index (κ3) is 2.28. The average molecular weight is 240 g/mol. The van der Waals surface area contributed by atoms with Gasteiger partial charge in [0.2, 0.25) is 0 Å². The highest BCUT2D eigenvalue weighted by atomic mass is 16.4. The van der Waals surface area contributed by atoms with Gasteiger partial charge in [0.05, 0.1) is 5.56 Å². The molecule has 18 heavy (non-hydrogen) atoms. The van der Waals surface area contributed by atoms with Crippen LogP contribution in [0.2, 0.25) is 0 Å². The molecule has 0 unspecified atom stereocenters. The third-order valence-corrected chi connectivity index (χ3v) is 3.21. The van der Waals surface area contributed by atoms with E-state index in [1.165, 1.54) is 5.56 Å². The van der Waals surface area contributed by atoms with Crippen LogP contribution < -0.4 is 0 Å². The van der Waals surface area contributed by atoms with E-state index in [1.54, 1.807) is 12.1 Å². The van der Waals surface area contributed by atoms with Crippen LogP contribution >= 0.6 is 0 Å². The first-order chi connectivity index (χ1) is 8.63. The number of rotatable bonds is 3. The molecule has 0 aliphatic rings. The molecule has 0 aromatic heterocycles. The molecule has 0 heterocycles. The summed E-state index contributed by atoms with van der Waals surface area (Å²) < 4.78 is 0. The molecule has 2 rings (SSSR count). The van der Waals surface area contributed by atoms with Crippen molar-refractivity contribution in [3.63, 3.8) is 0 Å². The Labute approximate surface area is 107 Å². The van der Waals surface area contributed by atoms with Crippen molar-refractivity contribution in [1.82, 2.24) is 0 Å². The van der Waals surface area contributed by atoms with Gasteiger partial charge >= 0.3 is 5.97 Å². The fourth-order valence-corrected chi connectivity index (χ4v) is 2.14. The number of benzene rings is 2. The van der Waals surface area contributed by atoms with Crippen LogP contribution in [0.3, 0.4) is 0 Å². The second kappa shape index (κ2) is 5.05. The van der Waals surface area contributed by atoms with Gasteiger partial charge in [0.15, 0.2) is 0 Å². The highest BCUT2D eigenvalue weighted by molar-refractivity contribution is 5.92. The van der Waals surface area contributed by atoms with Gasteiger partial charge in [-0.15, -0.1) is 0 Å². The molecule has 1 N–H and O–H groups in total. The van der Waals surface area contributed by atoms with Crippen LogP contribution in [-0.2, 0) is 6.42 Å². The maximum absolute atomic E-state index is 11.1. The number of carboxylic acids is 1. The van der Waals surface area contributed by atoms with E-state index in [4.69, 9.17) is 5.11 Å². The summed E-state index contributed by atoms with van der Waals surface area (Å²) in [6, 6.07) is 13.6. The number of aryl methyl sites for hydroxylation is 1. The first kappa shape index (κ1) is 12.4. The van der Waals surface area contributed by atoms with Crippen LogP contribution in [0.1, 0.15) is 28.4 Å². The molecular weight excluding hydrogens is 224 g/mol. The Kier molecular flexibility index (Phi) is 3.47.